The van der Waals surface area contributed by atoms with Crippen molar-refractivity contribution in [3.05, 3.63) is 30.0 Å². The molecule has 0 amide bonds. The molecule has 2 aromatic rings. The number of aromatic nitrogens is 1. The van der Waals surface area contributed by atoms with Crippen molar-refractivity contribution in [2.45, 2.75) is 51.7 Å². The summed E-state index contributed by atoms with van der Waals surface area (Å²) in [5.74, 6) is 0. The number of aryl methyl sites for hydroxylation is 1. The first-order valence-corrected chi connectivity index (χ1v) is 7.39. The zero-order valence-corrected chi connectivity index (χ0v) is 11.7. The van der Waals surface area contributed by atoms with Crippen molar-refractivity contribution in [2.75, 3.05) is 5.73 Å². The highest BCUT2D eigenvalue weighted by Crippen LogP contribution is 2.27. The molecule has 0 radical (unpaired) electrons. The van der Waals surface area contributed by atoms with Crippen LogP contribution in [0, 0.1) is 0 Å². The van der Waals surface area contributed by atoms with Gasteiger partial charge < -0.3 is 15.6 Å². The van der Waals surface area contributed by atoms with E-state index in [1.807, 2.05) is 12.1 Å². The molecule has 1 aromatic heterocycles. The first kappa shape index (κ1) is 12.5. The predicted octanol–water partition coefficient (Wildman–Crippen LogP) is 3.28. The zero-order chi connectivity index (χ0) is 13.2. The lowest BCUT2D eigenvalue weighted by atomic mass is 10.1. The van der Waals surface area contributed by atoms with Crippen molar-refractivity contribution in [1.82, 2.24) is 9.88 Å². The van der Waals surface area contributed by atoms with Crippen molar-refractivity contribution in [3.63, 3.8) is 0 Å². The van der Waals surface area contributed by atoms with Crippen LogP contribution in [0.4, 0.5) is 5.69 Å². The van der Waals surface area contributed by atoms with Crippen LogP contribution in [0.1, 0.15) is 38.2 Å². The van der Waals surface area contributed by atoms with Crippen molar-refractivity contribution >= 4 is 16.6 Å². The van der Waals surface area contributed by atoms with Crippen LogP contribution in [-0.2, 0) is 13.1 Å². The van der Waals surface area contributed by atoms with Crippen molar-refractivity contribution in [1.29, 1.82) is 0 Å². The molecule has 3 nitrogen and oxygen atoms in total. The van der Waals surface area contributed by atoms with E-state index in [1.165, 1.54) is 42.1 Å². The molecule has 3 heteroatoms. The number of rotatable bonds is 4. The molecule has 0 saturated heterocycles. The van der Waals surface area contributed by atoms with Gasteiger partial charge in [0.1, 0.15) is 0 Å². The first-order chi connectivity index (χ1) is 9.29. The Hall–Kier alpha value is -1.48. The number of hydrogen-bond donors (Lipinski definition) is 2. The molecule has 3 rings (SSSR count). The van der Waals surface area contributed by atoms with Crippen LogP contribution in [0.5, 0.6) is 0 Å². The monoisotopic (exact) mass is 257 g/mol. The van der Waals surface area contributed by atoms with Crippen molar-refractivity contribution < 1.29 is 0 Å². The molecule has 1 saturated carbocycles. The van der Waals surface area contributed by atoms with Crippen LogP contribution < -0.4 is 11.1 Å². The van der Waals surface area contributed by atoms with Crippen LogP contribution in [0.2, 0.25) is 0 Å². The third kappa shape index (κ3) is 2.35. The van der Waals surface area contributed by atoms with E-state index in [4.69, 9.17) is 5.73 Å². The minimum Gasteiger partial charge on any atom is -0.398 e. The number of nitrogens with one attached hydrogen (secondary N) is 1. The Balaban J connectivity index is 1.89. The summed E-state index contributed by atoms with van der Waals surface area (Å²) in [6, 6.07) is 6.90. The van der Waals surface area contributed by atoms with Gasteiger partial charge in [0.25, 0.3) is 0 Å². The van der Waals surface area contributed by atoms with Gasteiger partial charge in [-0.15, -0.1) is 0 Å². The Kier molecular flexibility index (Phi) is 3.47. The van der Waals surface area contributed by atoms with Crippen LogP contribution in [-0.4, -0.2) is 10.6 Å². The van der Waals surface area contributed by atoms with E-state index in [-0.39, 0.29) is 0 Å². The summed E-state index contributed by atoms with van der Waals surface area (Å²) < 4.78 is 2.29. The topological polar surface area (TPSA) is 43.0 Å². The van der Waals surface area contributed by atoms with Crippen LogP contribution in [0.3, 0.4) is 0 Å². The summed E-state index contributed by atoms with van der Waals surface area (Å²) >= 11 is 0. The molecule has 1 aromatic carbocycles. The maximum Gasteiger partial charge on any atom is 0.0504 e. The lowest BCUT2D eigenvalue weighted by Gasteiger charge is -2.11. The Morgan fingerprint density at radius 2 is 2.11 bits per heavy atom. The molecule has 3 N–H and O–H groups in total. The highest BCUT2D eigenvalue weighted by atomic mass is 15.0. The minimum absolute atomic E-state index is 0.699. The Morgan fingerprint density at radius 3 is 2.84 bits per heavy atom. The van der Waals surface area contributed by atoms with Gasteiger partial charge in [-0.3, -0.25) is 0 Å². The average molecular weight is 257 g/mol. The molecule has 1 aliphatic rings. The summed E-state index contributed by atoms with van der Waals surface area (Å²) in [6.45, 7) is 4.10. The fraction of sp³-hybridized carbons (Fsp3) is 0.500. The second-order valence-electron chi connectivity index (χ2n) is 5.54. The van der Waals surface area contributed by atoms with Gasteiger partial charge >= 0.3 is 0 Å². The van der Waals surface area contributed by atoms with E-state index < -0.39 is 0 Å². The molecule has 1 aliphatic carbocycles. The smallest absolute Gasteiger partial charge is 0.0504 e. The highest BCUT2D eigenvalue weighted by molar-refractivity contribution is 5.94. The van der Waals surface area contributed by atoms with Crippen LogP contribution in [0.25, 0.3) is 10.9 Å². The fourth-order valence-corrected chi connectivity index (χ4v) is 3.25. The van der Waals surface area contributed by atoms with Gasteiger partial charge in [0, 0.05) is 36.4 Å². The van der Waals surface area contributed by atoms with E-state index in [0.717, 1.165) is 18.8 Å². The van der Waals surface area contributed by atoms with E-state index in [2.05, 4.69) is 29.1 Å². The Morgan fingerprint density at radius 1 is 1.32 bits per heavy atom. The number of fused-ring (bicyclic) bond motifs is 1. The summed E-state index contributed by atoms with van der Waals surface area (Å²) in [4.78, 5) is 0. The van der Waals surface area contributed by atoms with Gasteiger partial charge in [-0.2, -0.15) is 0 Å². The van der Waals surface area contributed by atoms with Gasteiger partial charge in [0.05, 0.1) is 5.52 Å². The largest absolute Gasteiger partial charge is 0.398 e. The minimum atomic E-state index is 0.699. The van der Waals surface area contributed by atoms with Crippen LogP contribution >= 0.6 is 0 Å². The fourth-order valence-electron chi connectivity index (χ4n) is 3.25. The van der Waals surface area contributed by atoms with Gasteiger partial charge in [-0.05, 0) is 37.5 Å². The maximum absolute atomic E-state index is 6.17. The lowest BCUT2D eigenvalue weighted by Crippen LogP contribution is -2.25. The average Bonchev–Trinajstić information content (AvgIpc) is 3.04. The summed E-state index contributed by atoms with van der Waals surface area (Å²) in [6.07, 6.45) is 7.64. The molecule has 0 bridgehead atoms. The molecule has 0 unspecified atom stereocenters. The van der Waals surface area contributed by atoms with Gasteiger partial charge in [-0.25, -0.2) is 0 Å². The predicted molar refractivity (Wildman–Crippen MR) is 81.1 cm³/mol. The quantitative estimate of drug-likeness (QED) is 0.825. The number of benzene rings is 1. The van der Waals surface area contributed by atoms with Gasteiger partial charge in [-0.1, -0.05) is 18.9 Å². The summed E-state index contributed by atoms with van der Waals surface area (Å²) in [5.41, 5.74) is 9.65. The second kappa shape index (κ2) is 5.25. The van der Waals surface area contributed by atoms with Gasteiger partial charge in [0.2, 0.25) is 0 Å². The van der Waals surface area contributed by atoms with Crippen molar-refractivity contribution in [3.8, 4) is 0 Å². The summed E-state index contributed by atoms with van der Waals surface area (Å²) in [5, 5.41) is 4.92. The van der Waals surface area contributed by atoms with Gasteiger partial charge in [0.15, 0.2) is 0 Å². The summed E-state index contributed by atoms with van der Waals surface area (Å²) in [7, 11) is 0. The van der Waals surface area contributed by atoms with Crippen LogP contribution in [0.15, 0.2) is 24.4 Å². The molecule has 0 atom stereocenters. The second-order valence-corrected chi connectivity index (χ2v) is 5.54. The number of anilines is 1. The molecule has 1 heterocycles. The van der Waals surface area contributed by atoms with Crippen molar-refractivity contribution in [2.24, 2.45) is 0 Å². The molecule has 102 valence electrons. The Bertz CT molecular complexity index is 565. The number of nitrogens with zero attached hydrogens (tertiary/aromatic N) is 1. The number of hydrogen-bond acceptors (Lipinski definition) is 2. The van der Waals surface area contributed by atoms with E-state index >= 15 is 0 Å². The molecule has 0 aliphatic heterocycles. The zero-order valence-electron chi connectivity index (χ0n) is 11.7. The molecule has 19 heavy (non-hydrogen) atoms. The molecule has 0 spiro atoms. The number of nitrogens with two attached hydrogens (primary N) is 1. The third-order valence-corrected chi connectivity index (χ3v) is 4.29. The molecule has 1 fully saturated rings. The number of nitrogen functional groups attached to an aromatic ring is 1. The molecular formula is C16H23N3. The third-order valence-electron chi connectivity index (χ3n) is 4.29. The SMILES string of the molecule is CCn1cc(CNC2CCCC2)c2c(N)cccc21. The van der Waals surface area contributed by atoms with E-state index in [1.54, 1.807) is 0 Å². The maximum atomic E-state index is 6.17. The lowest BCUT2D eigenvalue weighted by molar-refractivity contribution is 0.525. The molecular weight excluding hydrogens is 234 g/mol. The normalized spacial score (nSPS) is 16.5. The standard InChI is InChI=1S/C16H23N3/c1-2-19-11-12(10-18-13-6-3-4-7-13)16-14(17)8-5-9-15(16)19/h5,8-9,11,13,18H,2-4,6-7,10,17H2,1H3. The highest BCUT2D eigenvalue weighted by Gasteiger charge is 2.16. The van der Waals surface area contributed by atoms with E-state index in [9.17, 15) is 0 Å². The first-order valence-electron chi connectivity index (χ1n) is 7.39. The van der Waals surface area contributed by atoms with E-state index in [0.29, 0.717) is 6.04 Å². The Labute approximate surface area is 114 Å².